The molecule has 1 aliphatic carbocycles. The molecular formula is C25H32N3O5S-. The van der Waals surface area contributed by atoms with Crippen LogP contribution in [0, 0.1) is 5.92 Å². The average Bonchev–Trinajstić information content (AvgIpc) is 2.85. The number of nitrogens with zero attached hydrogens (tertiary/aromatic N) is 2. The largest absolute Gasteiger partial charge is 0.755 e. The van der Waals surface area contributed by atoms with E-state index in [1.54, 1.807) is 17.9 Å². The van der Waals surface area contributed by atoms with Crippen molar-refractivity contribution < 1.29 is 23.1 Å². The molecule has 0 bridgehead atoms. The van der Waals surface area contributed by atoms with Crippen molar-refractivity contribution in [2.75, 3.05) is 29.3 Å². The van der Waals surface area contributed by atoms with Crippen LogP contribution in [0.5, 0.6) is 0 Å². The van der Waals surface area contributed by atoms with Crippen molar-refractivity contribution >= 4 is 45.4 Å². The molecule has 1 N–H and O–H groups in total. The number of likely N-dealkylation sites (tertiary alicyclic amines) is 1. The molecule has 1 unspecified atom stereocenters. The van der Waals surface area contributed by atoms with Crippen LogP contribution in [0.2, 0.25) is 0 Å². The maximum Gasteiger partial charge on any atom is 0.409 e. The molecule has 0 spiro atoms. The Kier molecular flexibility index (Phi) is 8.05. The molecule has 9 heteroatoms. The van der Waals surface area contributed by atoms with Gasteiger partial charge in [0.05, 0.1) is 12.3 Å². The molecule has 184 valence electrons. The van der Waals surface area contributed by atoms with Crippen LogP contribution in [0.3, 0.4) is 0 Å². The van der Waals surface area contributed by atoms with Gasteiger partial charge in [-0.25, -0.2) is 4.79 Å². The number of nitrogens with one attached hydrogen (secondary N) is 1. The second-order valence-electron chi connectivity index (χ2n) is 8.96. The van der Waals surface area contributed by atoms with Crippen molar-refractivity contribution in [1.29, 1.82) is 0 Å². The highest BCUT2D eigenvalue weighted by molar-refractivity contribution is 7.80. The summed E-state index contributed by atoms with van der Waals surface area (Å²) in [6, 6.07) is 10.8. The van der Waals surface area contributed by atoms with Gasteiger partial charge in [0.2, 0.25) is 5.91 Å². The van der Waals surface area contributed by atoms with Crippen LogP contribution in [0.1, 0.15) is 51.9 Å². The lowest BCUT2D eigenvalue weighted by Gasteiger charge is -2.40. The first-order chi connectivity index (χ1) is 16.5. The second kappa shape index (κ2) is 11.2. The van der Waals surface area contributed by atoms with E-state index >= 15 is 0 Å². The third kappa shape index (κ3) is 5.36. The number of carbonyl (C=O) groups is 2. The number of carbonyl (C=O) groups excluding carboxylic acids is 2. The molecule has 1 heterocycles. The van der Waals surface area contributed by atoms with E-state index in [-0.39, 0.29) is 24.0 Å². The molecular weight excluding hydrogens is 454 g/mol. The number of hydrogen-bond donors (Lipinski definition) is 1. The van der Waals surface area contributed by atoms with Crippen LogP contribution in [0.15, 0.2) is 36.4 Å². The number of rotatable bonds is 6. The smallest absolute Gasteiger partial charge is 0.409 e. The van der Waals surface area contributed by atoms with Gasteiger partial charge in [0, 0.05) is 52.8 Å². The van der Waals surface area contributed by atoms with Crippen LogP contribution in [0.4, 0.5) is 16.2 Å². The Labute approximate surface area is 203 Å². The fourth-order valence-electron chi connectivity index (χ4n) is 5.09. The van der Waals surface area contributed by atoms with E-state index in [4.69, 9.17) is 4.74 Å². The highest BCUT2D eigenvalue weighted by Gasteiger charge is 2.29. The standard InChI is InChI=1S/C25H33N3O5S/c1-2-33-25(30)27-16-14-19(15-17-27)28(34(31)32)23-13-7-10-20-21(23)11-6-12-22(20)26-24(29)18-8-4-3-5-9-18/h6-7,10-13,18-19H,2-5,8-9,14-17H2,1H3,(H,26,29)(H,31,32)/p-1. The molecule has 2 aliphatic rings. The number of amides is 2. The number of ether oxygens (including phenoxy) is 1. The Hall–Kier alpha value is -2.65. The zero-order valence-corrected chi connectivity index (χ0v) is 20.4. The van der Waals surface area contributed by atoms with E-state index in [1.807, 2.05) is 30.3 Å². The first kappa shape index (κ1) is 24.5. The lowest BCUT2D eigenvalue weighted by Crippen LogP contribution is -2.47. The zero-order chi connectivity index (χ0) is 24.1. The minimum absolute atomic E-state index is 0.0300. The van der Waals surface area contributed by atoms with Gasteiger partial charge in [0.1, 0.15) is 0 Å². The Balaban J connectivity index is 1.57. The van der Waals surface area contributed by atoms with Gasteiger partial charge in [0.25, 0.3) is 0 Å². The number of hydrogen-bond acceptors (Lipinski definition) is 5. The summed E-state index contributed by atoms with van der Waals surface area (Å²) >= 11 is -2.49. The monoisotopic (exact) mass is 486 g/mol. The van der Waals surface area contributed by atoms with Crippen molar-refractivity contribution in [3.8, 4) is 0 Å². The van der Waals surface area contributed by atoms with Crippen molar-refractivity contribution in [3.05, 3.63) is 36.4 Å². The highest BCUT2D eigenvalue weighted by Crippen LogP contribution is 2.35. The van der Waals surface area contributed by atoms with Crippen molar-refractivity contribution in [2.24, 2.45) is 5.92 Å². The van der Waals surface area contributed by atoms with Gasteiger partial charge in [-0.2, -0.15) is 0 Å². The second-order valence-corrected chi connectivity index (χ2v) is 9.79. The van der Waals surface area contributed by atoms with Gasteiger partial charge >= 0.3 is 6.09 Å². The van der Waals surface area contributed by atoms with Crippen LogP contribution in [-0.4, -0.2) is 51.4 Å². The van der Waals surface area contributed by atoms with E-state index in [1.165, 1.54) is 10.7 Å². The van der Waals surface area contributed by atoms with Gasteiger partial charge in [0.15, 0.2) is 0 Å². The maximum atomic E-state index is 12.9. The summed E-state index contributed by atoms with van der Waals surface area (Å²) in [5, 5.41) is 4.66. The van der Waals surface area contributed by atoms with Crippen molar-refractivity contribution in [2.45, 2.75) is 57.9 Å². The number of piperidine rings is 1. The highest BCUT2D eigenvalue weighted by atomic mass is 32.2. The molecule has 4 rings (SSSR count). The minimum atomic E-state index is -2.49. The first-order valence-corrected chi connectivity index (χ1v) is 13.2. The molecule has 1 atom stereocenters. The van der Waals surface area contributed by atoms with E-state index in [0.717, 1.165) is 36.5 Å². The maximum absolute atomic E-state index is 12.9. The molecule has 1 aliphatic heterocycles. The van der Waals surface area contributed by atoms with Crippen LogP contribution in [-0.2, 0) is 20.8 Å². The Bertz CT molecular complexity index is 1050. The minimum Gasteiger partial charge on any atom is -0.755 e. The van der Waals surface area contributed by atoms with Crippen molar-refractivity contribution in [3.63, 3.8) is 0 Å². The lowest BCUT2D eigenvalue weighted by atomic mass is 9.88. The molecule has 34 heavy (non-hydrogen) atoms. The Morgan fingerprint density at radius 1 is 1.06 bits per heavy atom. The Morgan fingerprint density at radius 3 is 2.41 bits per heavy atom. The van der Waals surface area contributed by atoms with Gasteiger partial charge in [-0.15, -0.1) is 0 Å². The molecule has 2 amide bonds. The van der Waals surface area contributed by atoms with E-state index in [2.05, 4.69) is 5.32 Å². The van der Waals surface area contributed by atoms with Gasteiger partial charge in [-0.3, -0.25) is 13.3 Å². The molecule has 0 aromatic heterocycles. The topological polar surface area (TPSA) is 102 Å². The fourth-order valence-corrected chi connectivity index (χ4v) is 5.86. The summed E-state index contributed by atoms with van der Waals surface area (Å²) in [6.45, 7) is 2.94. The van der Waals surface area contributed by atoms with Crippen LogP contribution < -0.4 is 9.62 Å². The van der Waals surface area contributed by atoms with E-state index < -0.39 is 11.3 Å². The molecule has 2 aromatic carbocycles. The van der Waals surface area contributed by atoms with Gasteiger partial charge in [-0.1, -0.05) is 43.5 Å². The normalized spacial score (nSPS) is 18.5. The third-order valence-corrected chi connectivity index (χ3v) is 7.67. The summed E-state index contributed by atoms with van der Waals surface area (Å²) < 4.78 is 31.2. The summed E-state index contributed by atoms with van der Waals surface area (Å²) in [4.78, 5) is 26.5. The predicted octanol–water partition coefficient (Wildman–Crippen LogP) is 4.58. The molecule has 2 fully saturated rings. The third-order valence-electron chi connectivity index (χ3n) is 6.85. The van der Waals surface area contributed by atoms with Gasteiger partial charge < -0.3 is 19.5 Å². The fraction of sp³-hybridized carbons (Fsp3) is 0.520. The van der Waals surface area contributed by atoms with Gasteiger partial charge in [-0.05, 0) is 44.7 Å². The summed E-state index contributed by atoms with van der Waals surface area (Å²) in [7, 11) is 0. The number of anilines is 2. The number of benzene rings is 2. The van der Waals surface area contributed by atoms with E-state index in [0.29, 0.717) is 43.9 Å². The predicted molar refractivity (Wildman–Crippen MR) is 132 cm³/mol. The summed E-state index contributed by atoms with van der Waals surface area (Å²) in [6.07, 6.45) is 5.84. The summed E-state index contributed by atoms with van der Waals surface area (Å²) in [5.41, 5.74) is 1.28. The number of fused-ring (bicyclic) bond motifs is 1. The molecule has 8 nitrogen and oxygen atoms in total. The van der Waals surface area contributed by atoms with Crippen LogP contribution >= 0.6 is 0 Å². The van der Waals surface area contributed by atoms with Crippen LogP contribution in [0.25, 0.3) is 10.8 Å². The lowest BCUT2D eigenvalue weighted by molar-refractivity contribution is -0.120. The molecule has 1 saturated carbocycles. The Morgan fingerprint density at radius 2 is 1.74 bits per heavy atom. The van der Waals surface area contributed by atoms with E-state index in [9.17, 15) is 18.4 Å². The van der Waals surface area contributed by atoms with Crippen molar-refractivity contribution in [1.82, 2.24) is 4.90 Å². The quantitative estimate of drug-likeness (QED) is 0.602. The SMILES string of the molecule is CCOC(=O)N1CCC(N(c2cccc3c(NC(=O)C4CCCCC4)cccc23)S(=O)[O-])CC1. The average molecular weight is 487 g/mol. The first-order valence-electron chi connectivity index (χ1n) is 12.1. The molecule has 0 radical (unpaired) electrons. The molecule has 1 saturated heterocycles. The molecule has 2 aromatic rings. The zero-order valence-electron chi connectivity index (χ0n) is 19.5. The summed E-state index contributed by atoms with van der Waals surface area (Å²) in [5.74, 6) is 0.0654.